The van der Waals surface area contributed by atoms with Crippen molar-refractivity contribution in [2.45, 2.75) is 25.7 Å². The fraction of sp³-hybridized carbons (Fsp3) is 0.0563. The molecule has 4 heteroatoms. The molecule has 0 saturated carbocycles. The van der Waals surface area contributed by atoms with E-state index < -0.39 is 0 Å². The van der Waals surface area contributed by atoms with Crippen molar-refractivity contribution < 1.29 is 20.1 Å². The maximum Gasteiger partial charge on any atom is 3.00 e. The van der Waals surface area contributed by atoms with Gasteiger partial charge in [-0.25, -0.2) is 0 Å². The monoisotopic (exact) mass is 1140 g/mol. The normalized spacial score (nSPS) is 11.0. The molecule has 0 saturated heterocycles. The Balaban J connectivity index is 0.00000602. The van der Waals surface area contributed by atoms with Crippen molar-refractivity contribution in [2.24, 2.45) is 0 Å². The molecule has 0 aliphatic heterocycles. The molecule has 3 aromatic heterocycles. The van der Waals surface area contributed by atoms with E-state index in [9.17, 15) is 0 Å². The standard InChI is InChI=1S/C71H50N3.Ir/c1-3-13-54(14-4-1)56-33-35-57(36-34-56)68-47-61(71-48-63-46-60(37-38-62(63)49-74-71)55-15-5-2-6-16-55)39-40-67(68)66-18-8-7-17-65(66)64-44-52(23-21-50-25-29-58(30-26-50)69-19-9-11-41-72-69)43-53(45-64)24-22-51-27-31-59(32-28-51)70-20-10-12-42-73-70;/h1-20,25-29,31,33-38,40-49H,21-24H2;/q-3;+3. The van der Waals surface area contributed by atoms with E-state index in [4.69, 9.17) is 4.98 Å². The van der Waals surface area contributed by atoms with Crippen molar-refractivity contribution >= 4 is 10.8 Å². The molecule has 0 amide bonds. The van der Waals surface area contributed by atoms with E-state index in [0.29, 0.717) is 0 Å². The van der Waals surface area contributed by atoms with Gasteiger partial charge < -0.3 is 15.0 Å². The zero-order valence-corrected chi connectivity index (χ0v) is 43.6. The molecule has 0 aliphatic carbocycles. The smallest absolute Gasteiger partial charge is 0.305 e. The Hall–Kier alpha value is -8.66. The third-order valence-electron chi connectivity index (χ3n) is 14.0. The van der Waals surface area contributed by atoms with Crippen LogP contribution in [0.5, 0.6) is 0 Å². The number of aryl methyl sites for hydroxylation is 4. The molecule has 0 aliphatic rings. The number of hydrogen-bond donors (Lipinski definition) is 0. The number of hydrogen-bond acceptors (Lipinski definition) is 3. The van der Waals surface area contributed by atoms with E-state index in [1.165, 1.54) is 55.6 Å². The van der Waals surface area contributed by atoms with Crippen LogP contribution in [0.2, 0.25) is 0 Å². The summed E-state index contributed by atoms with van der Waals surface area (Å²) in [5.41, 5.74) is 22.4. The summed E-state index contributed by atoms with van der Waals surface area (Å²) in [6.07, 6.45) is 9.21. The number of rotatable bonds is 14. The van der Waals surface area contributed by atoms with Crippen LogP contribution in [-0.4, -0.2) is 15.0 Å². The molecule has 12 aromatic rings. The molecule has 0 fully saturated rings. The van der Waals surface area contributed by atoms with Crippen LogP contribution < -0.4 is 0 Å². The molecule has 3 heterocycles. The Morgan fingerprint density at radius 2 is 0.800 bits per heavy atom. The largest absolute Gasteiger partial charge is 3.00 e. The SMILES string of the molecule is [Ir+3].[c-]1cc(CCc2cc(CCc3c[c-]c(-c4ccccn4)cc3)cc(-c3ccccc3-c3c[c-]c(-c4cc5cc(-c6ccccc6)ccc5cn4)cc3-c3ccc(-c4ccccc4)cc3)c2)ccc1-c1ccccn1. The van der Waals surface area contributed by atoms with Crippen molar-refractivity contribution in [3.63, 3.8) is 0 Å². The zero-order chi connectivity index (χ0) is 49.5. The van der Waals surface area contributed by atoms with Crippen LogP contribution in [0.15, 0.2) is 255 Å². The van der Waals surface area contributed by atoms with Crippen LogP contribution in [0.25, 0.3) is 100 Å². The number of fused-ring (bicyclic) bond motifs is 1. The minimum absolute atomic E-state index is 0. The van der Waals surface area contributed by atoms with Gasteiger partial charge in [0.25, 0.3) is 0 Å². The summed E-state index contributed by atoms with van der Waals surface area (Å²) < 4.78 is 0. The van der Waals surface area contributed by atoms with Crippen molar-refractivity contribution in [3.05, 3.63) is 296 Å². The third-order valence-corrected chi connectivity index (χ3v) is 14.0. The molecule has 12 rings (SSSR count). The fourth-order valence-electron chi connectivity index (χ4n) is 10.0. The van der Waals surface area contributed by atoms with E-state index >= 15 is 0 Å². The quantitative estimate of drug-likeness (QED) is 0.102. The van der Waals surface area contributed by atoms with E-state index in [-0.39, 0.29) is 20.1 Å². The van der Waals surface area contributed by atoms with Crippen LogP contribution in [0.4, 0.5) is 0 Å². The van der Waals surface area contributed by atoms with Crippen LogP contribution >= 0.6 is 0 Å². The molecule has 0 atom stereocenters. The van der Waals surface area contributed by atoms with Gasteiger partial charge in [-0.2, -0.15) is 0 Å². The van der Waals surface area contributed by atoms with Crippen molar-refractivity contribution in [1.82, 2.24) is 15.0 Å². The zero-order valence-electron chi connectivity index (χ0n) is 41.3. The molecular formula is C71H50IrN3. The first-order valence-corrected chi connectivity index (χ1v) is 25.4. The first-order chi connectivity index (χ1) is 36.6. The van der Waals surface area contributed by atoms with Gasteiger partial charge in [0.05, 0.1) is 0 Å². The average molecular weight is 1140 g/mol. The number of nitrogens with zero attached hydrogens (tertiary/aromatic N) is 3. The topological polar surface area (TPSA) is 38.7 Å². The predicted octanol–water partition coefficient (Wildman–Crippen LogP) is 17.3. The Bertz CT molecular complexity index is 3740. The van der Waals surface area contributed by atoms with Crippen LogP contribution in [-0.2, 0) is 45.8 Å². The molecule has 0 unspecified atom stereocenters. The summed E-state index contributed by atoms with van der Waals surface area (Å²) in [7, 11) is 0. The van der Waals surface area contributed by atoms with Gasteiger partial charge in [0.15, 0.2) is 0 Å². The Morgan fingerprint density at radius 1 is 0.280 bits per heavy atom. The van der Waals surface area contributed by atoms with Crippen molar-refractivity contribution in [3.8, 4) is 89.4 Å². The van der Waals surface area contributed by atoms with Gasteiger partial charge in [0.1, 0.15) is 0 Å². The van der Waals surface area contributed by atoms with Gasteiger partial charge in [0.2, 0.25) is 0 Å². The number of benzene rings is 9. The van der Waals surface area contributed by atoms with Gasteiger partial charge in [-0.15, -0.1) is 94.5 Å². The molecule has 0 radical (unpaired) electrons. The molecule has 0 N–H and O–H groups in total. The summed E-state index contributed by atoms with van der Waals surface area (Å²) in [5, 5.41) is 2.24. The molecule has 75 heavy (non-hydrogen) atoms. The van der Waals surface area contributed by atoms with Gasteiger partial charge in [-0.05, 0) is 109 Å². The first-order valence-electron chi connectivity index (χ1n) is 25.4. The van der Waals surface area contributed by atoms with Gasteiger partial charge >= 0.3 is 20.1 Å². The Kier molecular flexibility index (Phi) is 14.7. The maximum atomic E-state index is 5.03. The van der Waals surface area contributed by atoms with E-state index in [1.807, 2.05) is 55.0 Å². The van der Waals surface area contributed by atoms with Gasteiger partial charge in [-0.1, -0.05) is 199 Å². The van der Waals surface area contributed by atoms with E-state index in [2.05, 4.69) is 228 Å². The van der Waals surface area contributed by atoms with Crippen LogP contribution in [0, 0.1) is 18.2 Å². The molecule has 3 nitrogen and oxygen atoms in total. The van der Waals surface area contributed by atoms with Crippen LogP contribution in [0.1, 0.15) is 22.3 Å². The summed E-state index contributed by atoms with van der Waals surface area (Å²) in [6.45, 7) is 0. The second-order valence-corrected chi connectivity index (χ2v) is 18.8. The van der Waals surface area contributed by atoms with Crippen molar-refractivity contribution in [1.29, 1.82) is 0 Å². The van der Waals surface area contributed by atoms with Crippen LogP contribution in [0.3, 0.4) is 0 Å². The van der Waals surface area contributed by atoms with Gasteiger partial charge in [0, 0.05) is 18.6 Å². The first kappa shape index (κ1) is 48.6. The summed E-state index contributed by atoms with van der Waals surface area (Å²) in [6, 6.07) is 95.2. The minimum Gasteiger partial charge on any atom is -0.305 e. The Morgan fingerprint density at radius 3 is 1.39 bits per heavy atom. The Labute approximate surface area is 453 Å². The molecule has 0 spiro atoms. The minimum atomic E-state index is 0. The number of aromatic nitrogens is 3. The second kappa shape index (κ2) is 22.6. The maximum absolute atomic E-state index is 5.03. The summed E-state index contributed by atoms with van der Waals surface area (Å²) in [5.74, 6) is 0. The van der Waals surface area contributed by atoms with E-state index in [0.717, 1.165) is 92.5 Å². The molecule has 358 valence electrons. The van der Waals surface area contributed by atoms with Crippen molar-refractivity contribution in [2.75, 3.05) is 0 Å². The average Bonchev–Trinajstić information content (AvgIpc) is 3.49. The molecule has 0 bridgehead atoms. The van der Waals surface area contributed by atoms with E-state index in [1.54, 1.807) is 0 Å². The third kappa shape index (κ3) is 11.1. The predicted molar refractivity (Wildman–Crippen MR) is 305 cm³/mol. The molecular weight excluding hydrogens is 1090 g/mol. The van der Waals surface area contributed by atoms with Gasteiger partial charge in [-0.3, -0.25) is 0 Å². The summed E-state index contributed by atoms with van der Waals surface area (Å²) >= 11 is 0. The summed E-state index contributed by atoms with van der Waals surface area (Å²) in [4.78, 5) is 14.1. The second-order valence-electron chi connectivity index (χ2n) is 18.8. The number of pyridine rings is 3. The fourth-order valence-corrected chi connectivity index (χ4v) is 10.0. The molecule has 9 aromatic carbocycles.